The lowest BCUT2D eigenvalue weighted by Crippen LogP contribution is -2.41. The summed E-state index contributed by atoms with van der Waals surface area (Å²) in [6, 6.07) is 15.7. The molecule has 2 aromatic rings. The Morgan fingerprint density at radius 2 is 1.76 bits per heavy atom. The molecule has 4 rings (SSSR count). The first kappa shape index (κ1) is 16.3. The summed E-state index contributed by atoms with van der Waals surface area (Å²) in [7, 11) is 0. The van der Waals surface area contributed by atoms with Gasteiger partial charge in [0, 0.05) is 12.0 Å². The zero-order chi connectivity index (χ0) is 17.1. The molecule has 0 saturated carbocycles. The van der Waals surface area contributed by atoms with Crippen LogP contribution in [0.15, 0.2) is 54.6 Å². The first-order valence-electron chi connectivity index (χ1n) is 9.26. The predicted molar refractivity (Wildman–Crippen MR) is 102 cm³/mol. The highest BCUT2D eigenvalue weighted by atomic mass is 19.1. The molecule has 25 heavy (non-hydrogen) atoms. The van der Waals surface area contributed by atoms with Gasteiger partial charge in [0.05, 0.1) is 5.69 Å². The lowest BCUT2D eigenvalue weighted by atomic mass is 9.74. The van der Waals surface area contributed by atoms with E-state index in [1.807, 2.05) is 6.07 Å². The highest BCUT2D eigenvalue weighted by molar-refractivity contribution is 5.65. The van der Waals surface area contributed by atoms with Crippen molar-refractivity contribution in [2.75, 3.05) is 31.5 Å². The quantitative estimate of drug-likeness (QED) is 0.797. The summed E-state index contributed by atoms with van der Waals surface area (Å²) in [4.78, 5) is 2.54. The number of benzene rings is 2. The fourth-order valence-corrected chi connectivity index (χ4v) is 4.18. The van der Waals surface area contributed by atoms with E-state index in [4.69, 9.17) is 0 Å². The lowest BCUT2D eigenvalue weighted by molar-refractivity contribution is 0.184. The molecule has 1 fully saturated rings. The summed E-state index contributed by atoms with van der Waals surface area (Å²) in [5.41, 5.74) is 3.77. The molecule has 0 radical (unpaired) electrons. The van der Waals surface area contributed by atoms with Crippen LogP contribution < -0.4 is 5.32 Å². The summed E-state index contributed by atoms with van der Waals surface area (Å²) < 4.78 is 13.6. The van der Waals surface area contributed by atoms with Gasteiger partial charge in [-0.2, -0.15) is 0 Å². The van der Waals surface area contributed by atoms with E-state index in [0.29, 0.717) is 5.69 Å². The van der Waals surface area contributed by atoms with Crippen molar-refractivity contribution in [2.45, 2.75) is 24.7 Å². The highest BCUT2D eigenvalue weighted by Crippen LogP contribution is 2.43. The molecule has 0 bridgehead atoms. The van der Waals surface area contributed by atoms with Crippen LogP contribution in [0, 0.1) is 5.82 Å². The summed E-state index contributed by atoms with van der Waals surface area (Å²) in [5, 5.41) is 3.20. The maximum atomic E-state index is 13.6. The average Bonchev–Trinajstić information content (AvgIpc) is 3.01. The molecule has 0 amide bonds. The molecule has 0 aromatic heterocycles. The van der Waals surface area contributed by atoms with E-state index < -0.39 is 0 Å². The molecular weight excluding hydrogens is 311 g/mol. The molecule has 130 valence electrons. The Morgan fingerprint density at radius 1 is 1.00 bits per heavy atom. The first-order valence-corrected chi connectivity index (χ1v) is 9.26. The van der Waals surface area contributed by atoms with E-state index in [2.05, 4.69) is 46.6 Å². The van der Waals surface area contributed by atoms with Gasteiger partial charge in [0.2, 0.25) is 0 Å². The van der Waals surface area contributed by atoms with Crippen LogP contribution in [0.5, 0.6) is 0 Å². The summed E-state index contributed by atoms with van der Waals surface area (Å²) in [6.07, 6.45) is 8.15. The molecule has 2 aromatic carbocycles. The second-order valence-corrected chi connectivity index (χ2v) is 7.18. The number of anilines is 1. The zero-order valence-corrected chi connectivity index (χ0v) is 14.5. The van der Waals surface area contributed by atoms with Gasteiger partial charge >= 0.3 is 0 Å². The number of rotatable bonds is 5. The number of likely N-dealkylation sites (tertiary alicyclic amines) is 1. The van der Waals surface area contributed by atoms with E-state index in [1.54, 1.807) is 12.1 Å². The molecule has 1 aliphatic heterocycles. The Labute approximate surface area is 149 Å². The third-order valence-electron chi connectivity index (χ3n) is 5.67. The topological polar surface area (TPSA) is 15.3 Å². The van der Waals surface area contributed by atoms with Gasteiger partial charge in [-0.15, -0.1) is 0 Å². The van der Waals surface area contributed by atoms with Crippen LogP contribution in [0.25, 0.3) is 6.08 Å². The number of nitrogens with one attached hydrogen (secondary N) is 1. The average molecular weight is 336 g/mol. The Morgan fingerprint density at radius 3 is 2.60 bits per heavy atom. The fraction of sp³-hybridized carbons (Fsp3) is 0.364. The third-order valence-corrected chi connectivity index (χ3v) is 5.67. The number of allylic oxidation sites excluding steroid dienone is 1. The number of halogens is 1. The summed E-state index contributed by atoms with van der Waals surface area (Å²) >= 11 is 0. The van der Waals surface area contributed by atoms with Gasteiger partial charge in [-0.3, -0.25) is 0 Å². The smallest absolute Gasteiger partial charge is 0.146 e. The van der Waals surface area contributed by atoms with E-state index in [0.717, 1.165) is 32.6 Å². The number of fused-ring (bicyclic) bond motifs is 2. The minimum atomic E-state index is -0.172. The molecule has 3 heteroatoms. The van der Waals surface area contributed by atoms with E-state index in [-0.39, 0.29) is 11.2 Å². The van der Waals surface area contributed by atoms with Crippen LogP contribution in [0.1, 0.15) is 30.4 Å². The Hall–Kier alpha value is -2.13. The van der Waals surface area contributed by atoms with Crippen molar-refractivity contribution in [3.63, 3.8) is 0 Å². The van der Waals surface area contributed by atoms with E-state index >= 15 is 0 Å². The van der Waals surface area contributed by atoms with Gasteiger partial charge in [-0.1, -0.05) is 48.6 Å². The molecular formula is C22H25FN2. The molecule has 0 atom stereocenters. The molecule has 1 aliphatic carbocycles. The monoisotopic (exact) mass is 336 g/mol. The van der Waals surface area contributed by atoms with Crippen LogP contribution in [0.2, 0.25) is 0 Å². The summed E-state index contributed by atoms with van der Waals surface area (Å²) in [5.74, 6) is -0.172. The maximum Gasteiger partial charge on any atom is 0.146 e. The minimum absolute atomic E-state index is 0.172. The highest BCUT2D eigenvalue weighted by Gasteiger charge is 2.37. The molecule has 1 heterocycles. The van der Waals surface area contributed by atoms with Crippen LogP contribution in [0.4, 0.5) is 10.1 Å². The van der Waals surface area contributed by atoms with Crippen molar-refractivity contribution in [1.29, 1.82) is 0 Å². The SMILES string of the molecule is Fc1ccccc1NCCCN1CCC2(C=Cc3ccccc32)CC1. The second kappa shape index (κ2) is 7.01. The molecule has 0 unspecified atom stereocenters. The van der Waals surface area contributed by atoms with Gasteiger partial charge in [-0.25, -0.2) is 4.39 Å². The van der Waals surface area contributed by atoms with Crippen LogP contribution in [0.3, 0.4) is 0 Å². The number of hydrogen-bond donors (Lipinski definition) is 1. The molecule has 2 aliphatic rings. The summed E-state index contributed by atoms with van der Waals surface area (Å²) in [6.45, 7) is 4.16. The Bertz CT molecular complexity index is 760. The van der Waals surface area contributed by atoms with Gasteiger partial charge < -0.3 is 10.2 Å². The molecule has 1 spiro atoms. The van der Waals surface area contributed by atoms with Gasteiger partial charge in [0.1, 0.15) is 5.82 Å². The molecule has 2 nitrogen and oxygen atoms in total. The zero-order valence-electron chi connectivity index (χ0n) is 14.5. The van der Waals surface area contributed by atoms with E-state index in [9.17, 15) is 4.39 Å². The van der Waals surface area contributed by atoms with Crippen molar-refractivity contribution in [2.24, 2.45) is 0 Å². The molecule has 1 saturated heterocycles. The maximum absolute atomic E-state index is 13.6. The number of para-hydroxylation sites is 1. The molecule has 1 N–H and O–H groups in total. The normalized spacial score (nSPS) is 18.4. The minimum Gasteiger partial charge on any atom is -0.383 e. The van der Waals surface area contributed by atoms with Crippen LogP contribution in [-0.4, -0.2) is 31.1 Å². The Balaban J connectivity index is 1.25. The Kier molecular flexibility index (Phi) is 4.58. The number of nitrogens with zero attached hydrogens (tertiary/aromatic N) is 1. The lowest BCUT2D eigenvalue weighted by Gasteiger charge is -2.39. The van der Waals surface area contributed by atoms with Crippen molar-refractivity contribution in [1.82, 2.24) is 4.90 Å². The number of piperidine rings is 1. The van der Waals surface area contributed by atoms with Gasteiger partial charge in [0.25, 0.3) is 0 Å². The van der Waals surface area contributed by atoms with Gasteiger partial charge in [0.15, 0.2) is 0 Å². The van der Waals surface area contributed by atoms with Crippen molar-refractivity contribution in [3.8, 4) is 0 Å². The fourth-order valence-electron chi connectivity index (χ4n) is 4.18. The van der Waals surface area contributed by atoms with Crippen LogP contribution >= 0.6 is 0 Å². The first-order chi connectivity index (χ1) is 12.3. The second-order valence-electron chi connectivity index (χ2n) is 7.18. The largest absolute Gasteiger partial charge is 0.383 e. The van der Waals surface area contributed by atoms with E-state index in [1.165, 1.54) is 30.0 Å². The standard InChI is InChI=1S/C22H25FN2/c23-20-8-3-4-9-21(20)24-14-5-15-25-16-12-22(13-17-25)11-10-18-6-1-2-7-19(18)22/h1-4,6-11,24H,5,12-17H2. The van der Waals surface area contributed by atoms with Crippen LogP contribution in [-0.2, 0) is 5.41 Å². The third kappa shape index (κ3) is 3.34. The van der Waals surface area contributed by atoms with Crippen molar-refractivity contribution in [3.05, 3.63) is 71.6 Å². The van der Waals surface area contributed by atoms with Crippen molar-refractivity contribution >= 4 is 11.8 Å². The van der Waals surface area contributed by atoms with Gasteiger partial charge in [-0.05, 0) is 62.2 Å². The predicted octanol–water partition coefficient (Wildman–Crippen LogP) is 4.69. The van der Waals surface area contributed by atoms with Crippen molar-refractivity contribution < 1.29 is 4.39 Å². The number of hydrogen-bond acceptors (Lipinski definition) is 2.